The normalized spacial score (nSPS) is 25.7. The van der Waals surface area contributed by atoms with Crippen LogP contribution in [0.25, 0.3) is 0 Å². The third-order valence-corrected chi connectivity index (χ3v) is 4.37. The van der Waals surface area contributed by atoms with Crippen LogP contribution in [0.5, 0.6) is 0 Å². The molecule has 0 bridgehead atoms. The van der Waals surface area contributed by atoms with Crippen molar-refractivity contribution in [2.24, 2.45) is 17.1 Å². The van der Waals surface area contributed by atoms with Crippen LogP contribution in [0, 0.1) is 11.3 Å². The third-order valence-electron chi connectivity index (χ3n) is 4.37. The molecule has 1 fully saturated rings. The lowest BCUT2D eigenvalue weighted by Crippen LogP contribution is -2.62. The van der Waals surface area contributed by atoms with Gasteiger partial charge in [0.1, 0.15) is 11.7 Å². The quantitative estimate of drug-likeness (QED) is 0.469. The van der Waals surface area contributed by atoms with E-state index in [4.69, 9.17) is 10.5 Å². The Hall–Kier alpha value is -1.60. The molecule has 0 aromatic carbocycles. The number of amides is 1. The fraction of sp³-hybridized carbons (Fsp3) is 0.733. The highest BCUT2D eigenvalue weighted by Crippen LogP contribution is 2.48. The number of carbonyl (C=O) groups excluding carboxylic acids is 1. The molecule has 1 saturated heterocycles. The van der Waals surface area contributed by atoms with Crippen molar-refractivity contribution in [1.82, 2.24) is 4.90 Å². The number of carboxylic acid groups (broad SMARTS) is 1. The van der Waals surface area contributed by atoms with Gasteiger partial charge in [-0.25, -0.2) is 4.79 Å². The molecular weight excluding hydrogens is 288 g/mol. The molecule has 0 aromatic rings. The lowest BCUT2D eigenvalue weighted by atomic mass is 9.84. The van der Waals surface area contributed by atoms with Gasteiger partial charge in [-0.2, -0.15) is 0 Å². The number of ether oxygens (including phenoxy) is 1. The molecule has 2 heterocycles. The number of hydrogen-bond donors (Lipinski definition) is 3. The van der Waals surface area contributed by atoms with Gasteiger partial charge in [0, 0.05) is 5.41 Å². The van der Waals surface area contributed by atoms with Crippen molar-refractivity contribution >= 4 is 11.9 Å². The van der Waals surface area contributed by atoms with Gasteiger partial charge in [0.05, 0.1) is 6.10 Å². The zero-order valence-electron chi connectivity index (χ0n) is 13.2. The molecule has 0 saturated carbocycles. The van der Waals surface area contributed by atoms with Crippen LogP contribution in [0.3, 0.4) is 0 Å². The number of rotatable bonds is 7. The van der Waals surface area contributed by atoms with E-state index in [9.17, 15) is 19.8 Å². The summed E-state index contributed by atoms with van der Waals surface area (Å²) >= 11 is 0. The SMILES string of the molecule is C[C@@H](O)[C@H]1C(=O)N2C(C(=O)O)=C(C(C)(C)CCCCN)O[C@H]12. The summed E-state index contributed by atoms with van der Waals surface area (Å²) in [5.74, 6) is -1.96. The van der Waals surface area contributed by atoms with Crippen molar-refractivity contribution < 1.29 is 24.5 Å². The van der Waals surface area contributed by atoms with E-state index in [-0.39, 0.29) is 5.70 Å². The Morgan fingerprint density at radius 1 is 1.45 bits per heavy atom. The average Bonchev–Trinajstić information content (AvgIpc) is 2.74. The fourth-order valence-corrected chi connectivity index (χ4v) is 3.09. The molecule has 22 heavy (non-hydrogen) atoms. The van der Waals surface area contributed by atoms with Crippen LogP contribution >= 0.6 is 0 Å². The number of nitrogens with two attached hydrogens (primary N) is 1. The molecule has 7 nitrogen and oxygen atoms in total. The van der Waals surface area contributed by atoms with Crippen molar-refractivity contribution in [3.63, 3.8) is 0 Å². The van der Waals surface area contributed by atoms with Crippen molar-refractivity contribution in [3.8, 4) is 0 Å². The van der Waals surface area contributed by atoms with Gasteiger partial charge in [-0.3, -0.25) is 9.69 Å². The topological polar surface area (TPSA) is 113 Å². The first-order valence-electron chi connectivity index (χ1n) is 7.58. The van der Waals surface area contributed by atoms with E-state index in [0.29, 0.717) is 18.7 Å². The van der Waals surface area contributed by atoms with Crippen LogP contribution in [0.4, 0.5) is 0 Å². The summed E-state index contributed by atoms with van der Waals surface area (Å²) in [4.78, 5) is 24.8. The number of hydrogen-bond acceptors (Lipinski definition) is 5. The molecule has 0 aromatic heterocycles. The Bertz CT molecular complexity index is 512. The Labute approximate surface area is 129 Å². The number of carboxylic acids is 1. The number of allylic oxidation sites excluding steroid dienone is 1. The predicted molar refractivity (Wildman–Crippen MR) is 78.2 cm³/mol. The van der Waals surface area contributed by atoms with Gasteiger partial charge >= 0.3 is 5.97 Å². The second-order valence-corrected chi connectivity index (χ2v) is 6.60. The lowest BCUT2D eigenvalue weighted by Gasteiger charge is -2.42. The van der Waals surface area contributed by atoms with Crippen molar-refractivity contribution in [2.75, 3.05) is 6.54 Å². The highest BCUT2D eigenvalue weighted by Gasteiger charge is 2.60. The standard InChI is InChI=1S/C15H24N2O5/c1-8(18)9-12(19)17-10(14(20)21)11(22-13(9)17)15(2,3)6-4-5-7-16/h8-9,13,18H,4-7,16H2,1-3H3,(H,20,21)/t8-,9+,13-/m1/s1. The minimum Gasteiger partial charge on any atom is -0.476 e. The van der Waals surface area contributed by atoms with Crippen molar-refractivity contribution in [1.29, 1.82) is 0 Å². The maximum atomic E-state index is 12.1. The Morgan fingerprint density at radius 3 is 2.59 bits per heavy atom. The predicted octanol–water partition coefficient (Wildman–Crippen LogP) is 0.633. The maximum Gasteiger partial charge on any atom is 0.356 e. The largest absolute Gasteiger partial charge is 0.476 e. The summed E-state index contributed by atoms with van der Waals surface area (Å²) < 4.78 is 5.79. The number of β-lactam (4-membered cyclic amide) rings is 1. The second-order valence-electron chi connectivity index (χ2n) is 6.60. The molecule has 0 spiro atoms. The summed E-state index contributed by atoms with van der Waals surface area (Å²) in [5.41, 5.74) is 4.89. The molecule has 2 aliphatic rings. The first-order valence-corrected chi connectivity index (χ1v) is 7.58. The minimum atomic E-state index is -1.18. The monoisotopic (exact) mass is 312 g/mol. The molecular formula is C15H24N2O5. The number of fused-ring (bicyclic) bond motifs is 1. The van der Waals surface area contributed by atoms with Gasteiger partial charge in [-0.1, -0.05) is 20.3 Å². The Kier molecular flexibility index (Phi) is 4.49. The Balaban J connectivity index is 2.27. The van der Waals surface area contributed by atoms with E-state index < -0.39 is 35.5 Å². The van der Waals surface area contributed by atoms with Crippen LogP contribution in [0.1, 0.15) is 40.0 Å². The number of aliphatic carboxylic acids is 1. The van der Waals surface area contributed by atoms with Crippen molar-refractivity contribution in [2.45, 2.75) is 52.4 Å². The average molecular weight is 312 g/mol. The van der Waals surface area contributed by atoms with Gasteiger partial charge in [0.25, 0.3) is 0 Å². The summed E-state index contributed by atoms with van der Waals surface area (Å²) in [6, 6.07) is 0. The number of unbranched alkanes of at least 4 members (excludes halogenated alkanes) is 1. The summed E-state index contributed by atoms with van der Waals surface area (Å²) in [5, 5.41) is 19.1. The van der Waals surface area contributed by atoms with Crippen LogP contribution in [0.2, 0.25) is 0 Å². The zero-order chi connectivity index (χ0) is 16.7. The van der Waals surface area contributed by atoms with E-state index in [1.54, 1.807) is 0 Å². The van der Waals surface area contributed by atoms with Gasteiger partial charge < -0.3 is 20.7 Å². The first-order chi connectivity index (χ1) is 10.2. The molecule has 0 radical (unpaired) electrons. The minimum absolute atomic E-state index is 0.0929. The van der Waals surface area contributed by atoms with Crippen molar-refractivity contribution in [3.05, 3.63) is 11.5 Å². The molecule has 7 heteroatoms. The van der Waals surface area contributed by atoms with E-state index in [2.05, 4.69) is 0 Å². The first kappa shape index (κ1) is 16.8. The molecule has 0 unspecified atom stereocenters. The summed E-state index contributed by atoms with van der Waals surface area (Å²) in [7, 11) is 0. The number of carbonyl (C=O) groups is 2. The summed E-state index contributed by atoms with van der Waals surface area (Å²) in [6.07, 6.45) is 0.832. The van der Waals surface area contributed by atoms with E-state index in [1.165, 1.54) is 6.92 Å². The highest BCUT2D eigenvalue weighted by molar-refractivity contribution is 5.98. The number of aliphatic hydroxyl groups excluding tert-OH is 1. The number of nitrogens with zero attached hydrogens (tertiary/aromatic N) is 1. The molecule has 1 amide bonds. The molecule has 4 N–H and O–H groups in total. The van der Waals surface area contributed by atoms with Crippen LogP contribution in [0.15, 0.2) is 11.5 Å². The molecule has 2 rings (SSSR count). The maximum absolute atomic E-state index is 12.1. The van der Waals surface area contributed by atoms with E-state index in [0.717, 1.165) is 17.7 Å². The smallest absolute Gasteiger partial charge is 0.356 e. The Morgan fingerprint density at radius 2 is 2.09 bits per heavy atom. The molecule has 2 aliphatic heterocycles. The van der Waals surface area contributed by atoms with Crippen LogP contribution in [-0.4, -0.2) is 45.9 Å². The molecule has 3 atom stereocenters. The highest BCUT2D eigenvalue weighted by atomic mass is 16.5. The fourth-order valence-electron chi connectivity index (χ4n) is 3.09. The summed E-state index contributed by atoms with van der Waals surface area (Å²) in [6.45, 7) is 5.89. The van der Waals surface area contributed by atoms with Crippen LogP contribution < -0.4 is 5.73 Å². The van der Waals surface area contributed by atoms with E-state index >= 15 is 0 Å². The van der Waals surface area contributed by atoms with Crippen LogP contribution in [-0.2, 0) is 14.3 Å². The second kappa shape index (κ2) is 5.89. The lowest BCUT2D eigenvalue weighted by molar-refractivity contribution is -0.183. The van der Waals surface area contributed by atoms with Gasteiger partial charge in [0.2, 0.25) is 5.91 Å². The van der Waals surface area contributed by atoms with Gasteiger partial charge in [0.15, 0.2) is 11.9 Å². The molecule has 124 valence electrons. The third kappa shape index (κ3) is 2.59. The van der Waals surface area contributed by atoms with E-state index in [1.807, 2.05) is 13.8 Å². The van der Waals surface area contributed by atoms with Gasteiger partial charge in [-0.05, 0) is 26.3 Å². The number of aliphatic hydroxyl groups is 1. The molecule has 0 aliphatic carbocycles. The van der Waals surface area contributed by atoms with Gasteiger partial charge in [-0.15, -0.1) is 0 Å². The zero-order valence-corrected chi connectivity index (χ0v) is 13.2.